The van der Waals surface area contributed by atoms with E-state index >= 15 is 0 Å². The Hall–Kier alpha value is -0.870. The van der Waals surface area contributed by atoms with E-state index in [9.17, 15) is 4.79 Å². The van der Waals surface area contributed by atoms with Crippen LogP contribution in [0, 0.1) is 0 Å². The summed E-state index contributed by atoms with van der Waals surface area (Å²) in [6, 6.07) is 6.13. The molecule has 4 heteroatoms. The van der Waals surface area contributed by atoms with E-state index in [1.807, 2.05) is 17.0 Å². The van der Waals surface area contributed by atoms with Gasteiger partial charge in [0.2, 0.25) is 5.91 Å². The molecule has 1 aromatic carbocycles. The summed E-state index contributed by atoms with van der Waals surface area (Å²) in [5.74, 6) is 0.106. The Bertz CT molecular complexity index is 419. The van der Waals surface area contributed by atoms with E-state index in [1.165, 1.54) is 5.56 Å². The van der Waals surface area contributed by atoms with E-state index in [0.717, 1.165) is 29.8 Å². The van der Waals surface area contributed by atoms with Gasteiger partial charge in [-0.25, -0.2) is 0 Å². The van der Waals surface area contributed by atoms with E-state index in [0.29, 0.717) is 0 Å². The topological polar surface area (TPSA) is 23.6 Å². The van der Waals surface area contributed by atoms with Crippen molar-refractivity contribution in [1.29, 1.82) is 0 Å². The van der Waals surface area contributed by atoms with Gasteiger partial charge in [0.25, 0.3) is 0 Å². The number of benzene rings is 1. The van der Waals surface area contributed by atoms with Crippen molar-refractivity contribution in [3.63, 3.8) is 0 Å². The molecule has 0 fully saturated rings. The smallest absolute Gasteiger partial charge is 0.223 e. The Morgan fingerprint density at radius 3 is 2.81 bits per heavy atom. The number of amides is 1. The normalized spacial score (nSPS) is 16.8. The van der Waals surface area contributed by atoms with Crippen molar-refractivity contribution in [1.82, 2.24) is 4.90 Å². The molecule has 86 valence electrons. The zero-order valence-electron chi connectivity index (χ0n) is 9.53. The highest BCUT2D eigenvalue weighted by molar-refractivity contribution is 9.10. The van der Waals surface area contributed by atoms with E-state index in [1.54, 1.807) is 6.92 Å². The lowest BCUT2D eigenvalue weighted by atomic mass is 10.1. The van der Waals surface area contributed by atoms with E-state index in [4.69, 9.17) is 0 Å². The number of nitrogens with zero attached hydrogens (tertiary/aromatic N) is 2. The summed E-state index contributed by atoms with van der Waals surface area (Å²) in [5, 5.41) is 0. The quantitative estimate of drug-likeness (QED) is 0.729. The monoisotopic (exact) mass is 282 g/mol. The van der Waals surface area contributed by atoms with Crippen molar-refractivity contribution in [3.05, 3.63) is 28.2 Å². The van der Waals surface area contributed by atoms with Crippen LogP contribution in [0.3, 0.4) is 0 Å². The molecule has 16 heavy (non-hydrogen) atoms. The second-order valence-electron chi connectivity index (χ2n) is 4.18. The van der Waals surface area contributed by atoms with Crippen LogP contribution in [-0.4, -0.2) is 30.9 Å². The van der Waals surface area contributed by atoms with Gasteiger partial charge in [0, 0.05) is 36.7 Å². The van der Waals surface area contributed by atoms with Crippen LogP contribution in [0.25, 0.3) is 0 Å². The fraction of sp³-hybridized carbons (Fsp3) is 0.417. The highest BCUT2D eigenvalue weighted by Crippen LogP contribution is 2.28. The molecule has 2 rings (SSSR count). The molecule has 1 aromatic rings. The summed E-state index contributed by atoms with van der Waals surface area (Å²) < 4.78 is 1.02. The van der Waals surface area contributed by atoms with Gasteiger partial charge < -0.3 is 9.80 Å². The largest absolute Gasteiger partial charge is 0.311 e. The molecule has 1 heterocycles. The minimum atomic E-state index is 0.106. The van der Waals surface area contributed by atoms with Crippen LogP contribution in [-0.2, 0) is 11.3 Å². The number of carbonyl (C=O) groups is 1. The number of halogens is 1. The van der Waals surface area contributed by atoms with Crippen LogP contribution in [0.1, 0.15) is 12.5 Å². The molecule has 1 amide bonds. The predicted octanol–water partition coefficient (Wildman–Crippen LogP) is 2.25. The lowest BCUT2D eigenvalue weighted by Gasteiger charge is -2.21. The number of hydrogen-bond acceptors (Lipinski definition) is 2. The van der Waals surface area contributed by atoms with Crippen LogP contribution >= 0.6 is 15.9 Å². The van der Waals surface area contributed by atoms with Gasteiger partial charge in [0.15, 0.2) is 0 Å². The lowest BCUT2D eigenvalue weighted by molar-refractivity contribution is -0.116. The molecule has 3 nitrogen and oxygen atoms in total. The molecule has 0 bridgehead atoms. The molecule has 0 saturated heterocycles. The first-order chi connectivity index (χ1) is 7.58. The van der Waals surface area contributed by atoms with Gasteiger partial charge in [-0.1, -0.05) is 22.0 Å². The Kier molecular flexibility index (Phi) is 3.30. The average Bonchev–Trinajstić information content (AvgIpc) is 2.36. The first kappa shape index (κ1) is 11.6. The van der Waals surface area contributed by atoms with E-state index in [2.05, 4.69) is 33.9 Å². The number of fused-ring (bicyclic) bond motifs is 1. The maximum atomic E-state index is 11.6. The van der Waals surface area contributed by atoms with Gasteiger partial charge in [-0.05, 0) is 24.7 Å². The number of rotatable bonds is 0. The van der Waals surface area contributed by atoms with Crippen molar-refractivity contribution >= 4 is 27.5 Å². The second kappa shape index (κ2) is 4.55. The minimum absolute atomic E-state index is 0.106. The van der Waals surface area contributed by atoms with Gasteiger partial charge in [-0.15, -0.1) is 0 Å². The van der Waals surface area contributed by atoms with Gasteiger partial charge in [0.05, 0.1) is 0 Å². The van der Waals surface area contributed by atoms with Crippen molar-refractivity contribution in [2.75, 3.05) is 25.0 Å². The molecule has 1 aliphatic rings. The number of likely N-dealkylation sites (N-methyl/N-ethyl adjacent to an activating group) is 1. The maximum absolute atomic E-state index is 11.6. The number of carbonyl (C=O) groups excluding carboxylic acids is 1. The zero-order valence-corrected chi connectivity index (χ0v) is 11.1. The lowest BCUT2D eigenvalue weighted by Crippen LogP contribution is -2.33. The predicted molar refractivity (Wildman–Crippen MR) is 68.5 cm³/mol. The standard InChI is InChI=1S/C12H15BrN2O/c1-9(16)15-6-5-14(2)8-10-3-4-11(13)7-12(10)15/h3-4,7H,5-6,8H2,1-2H3. The highest BCUT2D eigenvalue weighted by atomic mass is 79.9. The Labute approximate surface area is 104 Å². The zero-order chi connectivity index (χ0) is 11.7. The molecule has 0 spiro atoms. The molecule has 1 aliphatic heterocycles. The maximum Gasteiger partial charge on any atom is 0.223 e. The third kappa shape index (κ3) is 2.28. The van der Waals surface area contributed by atoms with Crippen LogP contribution in [0.4, 0.5) is 5.69 Å². The van der Waals surface area contributed by atoms with Crippen LogP contribution in [0.5, 0.6) is 0 Å². The van der Waals surface area contributed by atoms with Gasteiger partial charge in [0.1, 0.15) is 0 Å². The SMILES string of the molecule is CC(=O)N1CCN(C)Cc2ccc(Br)cc21. The minimum Gasteiger partial charge on any atom is -0.311 e. The van der Waals surface area contributed by atoms with Gasteiger partial charge >= 0.3 is 0 Å². The molecule has 0 aromatic heterocycles. The third-order valence-electron chi connectivity index (χ3n) is 2.86. The second-order valence-corrected chi connectivity index (χ2v) is 5.10. The van der Waals surface area contributed by atoms with Crippen molar-refractivity contribution in [2.24, 2.45) is 0 Å². The first-order valence-corrected chi connectivity index (χ1v) is 6.12. The number of hydrogen-bond donors (Lipinski definition) is 0. The molecular formula is C12H15BrN2O. The molecule has 0 aliphatic carbocycles. The van der Waals surface area contributed by atoms with Crippen molar-refractivity contribution in [2.45, 2.75) is 13.5 Å². The fourth-order valence-electron chi connectivity index (χ4n) is 2.01. The summed E-state index contributed by atoms with van der Waals surface area (Å²) in [6.07, 6.45) is 0. The molecule has 0 saturated carbocycles. The van der Waals surface area contributed by atoms with Crippen LogP contribution in [0.2, 0.25) is 0 Å². The van der Waals surface area contributed by atoms with E-state index in [-0.39, 0.29) is 5.91 Å². The molecule has 0 N–H and O–H groups in total. The van der Waals surface area contributed by atoms with Crippen molar-refractivity contribution in [3.8, 4) is 0 Å². The Balaban J connectivity index is 2.47. The highest BCUT2D eigenvalue weighted by Gasteiger charge is 2.20. The number of anilines is 1. The summed E-state index contributed by atoms with van der Waals surface area (Å²) in [7, 11) is 2.08. The molecule has 0 unspecified atom stereocenters. The first-order valence-electron chi connectivity index (χ1n) is 5.33. The Morgan fingerprint density at radius 1 is 1.38 bits per heavy atom. The van der Waals surface area contributed by atoms with Gasteiger partial charge in [-0.3, -0.25) is 4.79 Å². The molecule has 0 atom stereocenters. The van der Waals surface area contributed by atoms with Crippen molar-refractivity contribution < 1.29 is 4.79 Å². The van der Waals surface area contributed by atoms with Gasteiger partial charge in [-0.2, -0.15) is 0 Å². The van der Waals surface area contributed by atoms with Crippen LogP contribution in [0.15, 0.2) is 22.7 Å². The summed E-state index contributed by atoms with van der Waals surface area (Å²) in [5.41, 5.74) is 2.24. The van der Waals surface area contributed by atoms with Crippen LogP contribution < -0.4 is 4.90 Å². The summed E-state index contributed by atoms with van der Waals surface area (Å²) >= 11 is 3.46. The summed E-state index contributed by atoms with van der Waals surface area (Å²) in [6.45, 7) is 4.18. The Morgan fingerprint density at radius 2 is 2.12 bits per heavy atom. The fourth-order valence-corrected chi connectivity index (χ4v) is 2.36. The summed E-state index contributed by atoms with van der Waals surface area (Å²) in [4.78, 5) is 15.7. The van der Waals surface area contributed by atoms with E-state index < -0.39 is 0 Å². The molecule has 0 radical (unpaired) electrons. The average molecular weight is 283 g/mol. The molecular weight excluding hydrogens is 268 g/mol. The third-order valence-corrected chi connectivity index (χ3v) is 3.36.